The Kier molecular flexibility index (Phi) is 6.90. The molecule has 3 aromatic rings. The van der Waals surface area contributed by atoms with Crippen LogP contribution in [0.4, 0.5) is 5.69 Å². The van der Waals surface area contributed by atoms with Crippen LogP contribution in [0.1, 0.15) is 50.0 Å². The highest BCUT2D eigenvalue weighted by Gasteiger charge is 2.26. The molecule has 1 saturated carbocycles. The molecule has 0 bridgehead atoms. The maximum absolute atomic E-state index is 12.8. The second-order valence-electron chi connectivity index (χ2n) is 9.47. The lowest BCUT2D eigenvalue weighted by molar-refractivity contribution is -0.121. The molecule has 1 aliphatic heterocycles. The molecule has 2 aliphatic rings. The third kappa shape index (κ3) is 5.65. The van der Waals surface area contributed by atoms with Crippen LogP contribution >= 0.6 is 0 Å². The fourth-order valence-electron chi connectivity index (χ4n) is 4.82. The first-order valence-corrected chi connectivity index (χ1v) is 12.3. The van der Waals surface area contributed by atoms with Crippen LogP contribution in [-0.4, -0.2) is 40.1 Å². The van der Waals surface area contributed by atoms with Crippen LogP contribution in [0.5, 0.6) is 5.75 Å². The van der Waals surface area contributed by atoms with E-state index in [0.29, 0.717) is 24.4 Å². The molecule has 5 rings (SSSR count). The third-order valence-corrected chi connectivity index (χ3v) is 6.79. The molecule has 34 heavy (non-hydrogen) atoms. The molecule has 0 atom stereocenters. The van der Waals surface area contributed by atoms with Crippen molar-refractivity contribution in [3.63, 3.8) is 0 Å². The Morgan fingerprint density at radius 3 is 2.59 bits per heavy atom. The van der Waals surface area contributed by atoms with Gasteiger partial charge in [0.25, 0.3) is 0 Å². The molecule has 1 N–H and O–H groups in total. The van der Waals surface area contributed by atoms with Gasteiger partial charge in [0.05, 0.1) is 12.6 Å². The first kappa shape index (κ1) is 22.6. The highest BCUT2D eigenvalue weighted by atomic mass is 16.5. The summed E-state index contributed by atoms with van der Waals surface area (Å²) in [6, 6.07) is 15.8. The monoisotopic (exact) mass is 460 g/mol. The van der Waals surface area contributed by atoms with Crippen molar-refractivity contribution in [2.45, 2.75) is 58.1 Å². The number of nitrogens with one attached hydrogen (secondary N) is 1. The van der Waals surface area contributed by atoms with Gasteiger partial charge in [0, 0.05) is 17.2 Å². The fraction of sp³-hybridized carbons (Fsp3) is 0.444. The number of nitrogens with zero attached hydrogens (tertiary/aromatic N) is 3. The summed E-state index contributed by atoms with van der Waals surface area (Å²) in [5.74, 6) is 2.21. The fourth-order valence-corrected chi connectivity index (χ4v) is 4.82. The molecule has 1 saturated heterocycles. The average Bonchev–Trinajstić information content (AvgIpc) is 3.53. The second kappa shape index (κ2) is 10.4. The van der Waals surface area contributed by atoms with Gasteiger partial charge in [-0.15, -0.1) is 0 Å². The van der Waals surface area contributed by atoms with Crippen molar-refractivity contribution in [1.29, 1.82) is 0 Å². The number of hydrogen-bond acceptors (Lipinski definition) is 6. The number of carbonyl (C=O) groups excluding carboxylic acids is 1. The van der Waals surface area contributed by atoms with E-state index in [-0.39, 0.29) is 11.8 Å². The van der Waals surface area contributed by atoms with Gasteiger partial charge in [-0.25, -0.2) is 0 Å². The minimum absolute atomic E-state index is 0.0104. The van der Waals surface area contributed by atoms with Gasteiger partial charge in [0.15, 0.2) is 0 Å². The van der Waals surface area contributed by atoms with E-state index in [1.54, 1.807) is 0 Å². The summed E-state index contributed by atoms with van der Waals surface area (Å²) in [6.07, 6.45) is 6.74. The number of amides is 1. The Morgan fingerprint density at radius 1 is 1.09 bits per heavy atom. The van der Waals surface area contributed by atoms with Gasteiger partial charge in [0.2, 0.25) is 17.6 Å². The zero-order valence-corrected chi connectivity index (χ0v) is 19.7. The molecule has 1 aromatic heterocycles. The highest BCUT2D eigenvalue weighted by Crippen LogP contribution is 2.26. The molecule has 0 radical (unpaired) electrons. The van der Waals surface area contributed by atoms with E-state index in [4.69, 9.17) is 9.26 Å². The number of hydrogen-bond donors (Lipinski definition) is 1. The minimum Gasteiger partial charge on any atom is -0.490 e. The number of likely N-dealkylation sites (tertiary alicyclic amines) is 1. The van der Waals surface area contributed by atoms with Gasteiger partial charge in [-0.3, -0.25) is 9.69 Å². The molecule has 7 nitrogen and oxygen atoms in total. The first-order valence-electron chi connectivity index (χ1n) is 12.3. The van der Waals surface area contributed by atoms with Crippen LogP contribution in [0.15, 0.2) is 53.1 Å². The molecule has 2 aromatic carbocycles. The Hall–Kier alpha value is -3.19. The number of anilines is 1. The quantitative estimate of drug-likeness (QED) is 0.521. The Morgan fingerprint density at radius 2 is 1.85 bits per heavy atom. The van der Waals surface area contributed by atoms with Crippen molar-refractivity contribution in [3.8, 4) is 17.1 Å². The number of aryl methyl sites for hydroxylation is 1. The molecule has 2 fully saturated rings. The van der Waals surface area contributed by atoms with Gasteiger partial charge >= 0.3 is 0 Å². The Bertz CT molecular complexity index is 1100. The van der Waals surface area contributed by atoms with Crippen LogP contribution in [0.2, 0.25) is 0 Å². The molecule has 0 unspecified atom stereocenters. The number of carbonyl (C=O) groups is 1. The topological polar surface area (TPSA) is 80.5 Å². The summed E-state index contributed by atoms with van der Waals surface area (Å²) >= 11 is 0. The zero-order valence-electron chi connectivity index (χ0n) is 19.7. The van der Waals surface area contributed by atoms with Crippen molar-refractivity contribution in [3.05, 3.63) is 60.0 Å². The molecular formula is C27H32N4O3. The molecule has 1 amide bonds. The average molecular weight is 461 g/mol. The van der Waals surface area contributed by atoms with Gasteiger partial charge in [0.1, 0.15) is 5.75 Å². The van der Waals surface area contributed by atoms with Crippen LogP contribution in [0.3, 0.4) is 0 Å². The van der Waals surface area contributed by atoms with Crippen molar-refractivity contribution >= 4 is 11.6 Å². The van der Waals surface area contributed by atoms with E-state index in [1.807, 2.05) is 49.4 Å². The van der Waals surface area contributed by atoms with E-state index in [2.05, 4.69) is 26.4 Å². The van der Waals surface area contributed by atoms with Crippen LogP contribution < -0.4 is 10.1 Å². The van der Waals surface area contributed by atoms with E-state index in [9.17, 15) is 4.79 Å². The maximum Gasteiger partial charge on any atom is 0.241 e. The second-order valence-corrected chi connectivity index (χ2v) is 9.47. The van der Waals surface area contributed by atoms with Crippen molar-refractivity contribution in [2.75, 3.05) is 18.4 Å². The number of benzene rings is 2. The Labute approximate surface area is 200 Å². The third-order valence-electron chi connectivity index (χ3n) is 6.79. The standard InChI is InChI=1S/C27H32N4O3/c1-19-5-4-6-21(17-19)26-29-25(34-30-26)18-31-15-13-20(14-16-31)27(32)28-22-9-11-24(12-10-22)33-23-7-2-3-8-23/h4-6,9-12,17,20,23H,2-3,7-8,13-16,18H2,1H3,(H,28,32). The van der Waals surface area contributed by atoms with Gasteiger partial charge in [-0.2, -0.15) is 4.98 Å². The van der Waals surface area contributed by atoms with Crippen molar-refractivity contribution < 1.29 is 14.1 Å². The predicted molar refractivity (Wildman–Crippen MR) is 130 cm³/mol. The van der Waals surface area contributed by atoms with Crippen LogP contribution in [-0.2, 0) is 11.3 Å². The number of piperidine rings is 1. The van der Waals surface area contributed by atoms with Gasteiger partial charge in [-0.05, 0) is 88.9 Å². The van der Waals surface area contributed by atoms with Gasteiger partial charge < -0.3 is 14.6 Å². The predicted octanol–water partition coefficient (Wildman–Crippen LogP) is 5.22. The largest absolute Gasteiger partial charge is 0.490 e. The number of aromatic nitrogens is 2. The van der Waals surface area contributed by atoms with E-state index in [0.717, 1.165) is 61.3 Å². The van der Waals surface area contributed by atoms with E-state index in [1.165, 1.54) is 12.8 Å². The summed E-state index contributed by atoms with van der Waals surface area (Å²) < 4.78 is 11.5. The normalized spacial score (nSPS) is 17.7. The Balaban J connectivity index is 1.08. The molecule has 7 heteroatoms. The maximum atomic E-state index is 12.8. The summed E-state index contributed by atoms with van der Waals surface area (Å²) in [4.78, 5) is 19.6. The number of ether oxygens (including phenoxy) is 1. The molecule has 178 valence electrons. The van der Waals surface area contributed by atoms with Crippen molar-refractivity contribution in [1.82, 2.24) is 15.0 Å². The lowest BCUT2D eigenvalue weighted by Gasteiger charge is -2.30. The molecule has 2 heterocycles. The molecule has 0 spiro atoms. The minimum atomic E-state index is 0.0104. The summed E-state index contributed by atoms with van der Waals surface area (Å²) in [5.41, 5.74) is 2.95. The van der Waals surface area contributed by atoms with Crippen LogP contribution in [0.25, 0.3) is 11.4 Å². The molecular weight excluding hydrogens is 428 g/mol. The van der Waals surface area contributed by atoms with Crippen molar-refractivity contribution in [2.24, 2.45) is 5.92 Å². The van der Waals surface area contributed by atoms with E-state index >= 15 is 0 Å². The summed E-state index contributed by atoms with van der Waals surface area (Å²) in [5, 5.41) is 7.20. The van der Waals surface area contributed by atoms with Crippen LogP contribution in [0, 0.1) is 12.8 Å². The van der Waals surface area contributed by atoms with E-state index < -0.39 is 0 Å². The number of rotatable bonds is 7. The summed E-state index contributed by atoms with van der Waals surface area (Å²) in [6.45, 7) is 4.31. The molecule has 1 aliphatic carbocycles. The lowest BCUT2D eigenvalue weighted by Crippen LogP contribution is -2.37. The summed E-state index contributed by atoms with van der Waals surface area (Å²) in [7, 11) is 0. The SMILES string of the molecule is Cc1cccc(-c2noc(CN3CCC(C(=O)Nc4ccc(OC5CCCC5)cc4)CC3)n2)c1. The smallest absolute Gasteiger partial charge is 0.241 e. The lowest BCUT2D eigenvalue weighted by atomic mass is 9.96. The van der Waals surface area contributed by atoms with Gasteiger partial charge in [-0.1, -0.05) is 28.9 Å². The zero-order chi connectivity index (χ0) is 23.3. The highest BCUT2D eigenvalue weighted by molar-refractivity contribution is 5.92. The first-order chi connectivity index (χ1) is 16.6.